The van der Waals surface area contributed by atoms with E-state index < -0.39 is 0 Å². The van der Waals surface area contributed by atoms with Gasteiger partial charge in [-0.1, -0.05) is 32.0 Å². The fraction of sp³-hybridized carbons (Fsp3) is 0.625. The van der Waals surface area contributed by atoms with Gasteiger partial charge in [-0.05, 0) is 37.2 Å². The van der Waals surface area contributed by atoms with Crippen LogP contribution in [0.1, 0.15) is 44.2 Å². The smallest absolute Gasteiger partial charge is 0.122 e. The van der Waals surface area contributed by atoms with E-state index in [9.17, 15) is 10.2 Å². The van der Waals surface area contributed by atoms with Crippen LogP contribution in [0.15, 0.2) is 18.2 Å². The summed E-state index contributed by atoms with van der Waals surface area (Å²) in [4.78, 5) is 0. The molecule has 1 rings (SSSR count). The van der Waals surface area contributed by atoms with E-state index in [1.54, 1.807) is 0 Å². The number of aryl methyl sites for hydroxylation is 1. The van der Waals surface area contributed by atoms with Crippen molar-refractivity contribution in [3.63, 3.8) is 0 Å². The summed E-state index contributed by atoms with van der Waals surface area (Å²) in [5, 5.41) is 22.6. The van der Waals surface area contributed by atoms with E-state index in [1.807, 2.05) is 25.1 Å². The summed E-state index contributed by atoms with van der Waals surface area (Å²) in [6, 6.07) is 5.82. The van der Waals surface area contributed by atoms with E-state index in [-0.39, 0.29) is 12.0 Å². The van der Waals surface area contributed by atoms with Crippen LogP contribution in [-0.2, 0) is 6.54 Å². The Hall–Kier alpha value is -1.06. The fourth-order valence-electron chi connectivity index (χ4n) is 2.50. The largest absolute Gasteiger partial charge is 0.507 e. The molecule has 0 spiro atoms. The fourth-order valence-corrected chi connectivity index (χ4v) is 2.50. The molecule has 108 valence electrons. The second kappa shape index (κ2) is 7.51. The highest BCUT2D eigenvalue weighted by Gasteiger charge is 2.24. The number of hydrogen-bond donors (Lipinski definition) is 3. The Labute approximate surface area is 116 Å². The quantitative estimate of drug-likeness (QED) is 0.677. The normalized spacial score (nSPS) is 11.8. The summed E-state index contributed by atoms with van der Waals surface area (Å²) >= 11 is 0. The zero-order chi connectivity index (χ0) is 14.3. The van der Waals surface area contributed by atoms with Gasteiger partial charge in [0.05, 0.1) is 0 Å². The molecule has 3 N–H and O–H groups in total. The van der Waals surface area contributed by atoms with Gasteiger partial charge in [0.1, 0.15) is 5.75 Å². The molecule has 0 bridgehead atoms. The van der Waals surface area contributed by atoms with Crippen LogP contribution in [-0.4, -0.2) is 23.4 Å². The molecule has 0 aromatic heterocycles. The lowest BCUT2D eigenvalue weighted by molar-refractivity contribution is 0.163. The Morgan fingerprint density at radius 3 is 2.47 bits per heavy atom. The van der Waals surface area contributed by atoms with Crippen LogP contribution in [0.4, 0.5) is 0 Å². The van der Waals surface area contributed by atoms with Crippen molar-refractivity contribution in [2.45, 2.75) is 46.6 Å². The Balaban J connectivity index is 2.59. The van der Waals surface area contributed by atoms with Crippen molar-refractivity contribution < 1.29 is 10.2 Å². The average Bonchev–Trinajstić information content (AvgIpc) is 2.42. The first-order valence-corrected chi connectivity index (χ1v) is 7.17. The molecule has 3 nitrogen and oxygen atoms in total. The molecule has 0 heterocycles. The SMILES string of the molecule is CCC(CC)(CCO)CNCc1cccc(C)c1O. The zero-order valence-corrected chi connectivity index (χ0v) is 12.4. The molecular weight excluding hydrogens is 238 g/mol. The Morgan fingerprint density at radius 1 is 1.21 bits per heavy atom. The number of aliphatic hydroxyl groups excluding tert-OH is 1. The van der Waals surface area contributed by atoms with Crippen LogP contribution in [0.25, 0.3) is 0 Å². The molecule has 0 radical (unpaired) electrons. The predicted molar refractivity (Wildman–Crippen MR) is 79.3 cm³/mol. The molecule has 0 aliphatic heterocycles. The maximum atomic E-state index is 9.96. The molecular formula is C16H27NO2. The summed E-state index contributed by atoms with van der Waals surface area (Å²) in [6.45, 7) is 8.02. The average molecular weight is 265 g/mol. The molecule has 0 unspecified atom stereocenters. The highest BCUT2D eigenvalue weighted by atomic mass is 16.3. The number of aliphatic hydroxyl groups is 1. The summed E-state index contributed by atoms with van der Waals surface area (Å²) in [6.07, 6.45) is 2.93. The third-order valence-corrected chi connectivity index (χ3v) is 4.28. The third-order valence-electron chi connectivity index (χ3n) is 4.28. The molecule has 1 aromatic rings. The van der Waals surface area contributed by atoms with Crippen LogP contribution >= 0.6 is 0 Å². The van der Waals surface area contributed by atoms with Crippen molar-refractivity contribution in [2.24, 2.45) is 5.41 Å². The van der Waals surface area contributed by atoms with Gasteiger partial charge in [-0.3, -0.25) is 0 Å². The van der Waals surface area contributed by atoms with Gasteiger partial charge >= 0.3 is 0 Å². The summed E-state index contributed by atoms with van der Waals surface area (Å²) < 4.78 is 0. The number of benzene rings is 1. The van der Waals surface area contributed by atoms with Gasteiger partial charge in [0, 0.05) is 25.3 Å². The van der Waals surface area contributed by atoms with E-state index >= 15 is 0 Å². The molecule has 3 heteroatoms. The third kappa shape index (κ3) is 4.22. The lowest BCUT2D eigenvalue weighted by Gasteiger charge is -2.31. The minimum atomic E-state index is 0.161. The Kier molecular flexibility index (Phi) is 6.32. The first-order valence-electron chi connectivity index (χ1n) is 7.17. The molecule has 19 heavy (non-hydrogen) atoms. The van der Waals surface area contributed by atoms with E-state index in [0.717, 1.165) is 36.9 Å². The van der Waals surface area contributed by atoms with Crippen molar-refractivity contribution in [3.05, 3.63) is 29.3 Å². The van der Waals surface area contributed by atoms with Gasteiger partial charge in [0.15, 0.2) is 0 Å². The molecule has 0 amide bonds. The van der Waals surface area contributed by atoms with E-state index in [2.05, 4.69) is 19.2 Å². The van der Waals surface area contributed by atoms with Crippen LogP contribution in [0.3, 0.4) is 0 Å². The maximum absolute atomic E-state index is 9.96. The van der Waals surface area contributed by atoms with Crippen molar-refractivity contribution in [1.29, 1.82) is 0 Å². The number of phenolic OH excluding ortho intramolecular Hbond substituents is 1. The van der Waals surface area contributed by atoms with Crippen LogP contribution in [0.5, 0.6) is 5.75 Å². The Morgan fingerprint density at radius 2 is 1.89 bits per heavy atom. The van der Waals surface area contributed by atoms with Gasteiger partial charge < -0.3 is 15.5 Å². The number of para-hydroxylation sites is 1. The molecule has 0 atom stereocenters. The second-order valence-electron chi connectivity index (χ2n) is 5.37. The highest BCUT2D eigenvalue weighted by Crippen LogP contribution is 2.29. The van der Waals surface area contributed by atoms with Crippen LogP contribution in [0, 0.1) is 12.3 Å². The first kappa shape index (κ1) is 16.0. The van der Waals surface area contributed by atoms with E-state index in [0.29, 0.717) is 12.3 Å². The van der Waals surface area contributed by atoms with Gasteiger partial charge in [-0.25, -0.2) is 0 Å². The van der Waals surface area contributed by atoms with E-state index in [4.69, 9.17) is 0 Å². The number of rotatable bonds is 8. The van der Waals surface area contributed by atoms with Gasteiger partial charge in [-0.15, -0.1) is 0 Å². The molecule has 0 aliphatic rings. The minimum absolute atomic E-state index is 0.161. The first-order chi connectivity index (χ1) is 9.08. The van der Waals surface area contributed by atoms with Gasteiger partial charge in [0.25, 0.3) is 0 Å². The van der Waals surface area contributed by atoms with Gasteiger partial charge in [0.2, 0.25) is 0 Å². The minimum Gasteiger partial charge on any atom is -0.507 e. The number of aromatic hydroxyl groups is 1. The highest BCUT2D eigenvalue weighted by molar-refractivity contribution is 5.39. The number of hydrogen-bond acceptors (Lipinski definition) is 3. The monoisotopic (exact) mass is 265 g/mol. The standard InChI is InChI=1S/C16H27NO2/c1-4-16(5-2,9-10-18)12-17-11-14-8-6-7-13(3)15(14)19/h6-8,17-19H,4-5,9-12H2,1-3H3. The van der Waals surface area contributed by atoms with Crippen LogP contribution in [0.2, 0.25) is 0 Å². The number of nitrogens with one attached hydrogen (secondary N) is 1. The lowest BCUT2D eigenvalue weighted by atomic mass is 9.79. The van der Waals surface area contributed by atoms with Crippen molar-refractivity contribution in [2.75, 3.05) is 13.2 Å². The van der Waals surface area contributed by atoms with Crippen molar-refractivity contribution in [3.8, 4) is 5.75 Å². The molecule has 1 aromatic carbocycles. The topological polar surface area (TPSA) is 52.5 Å². The van der Waals surface area contributed by atoms with Crippen molar-refractivity contribution >= 4 is 0 Å². The molecule has 0 saturated carbocycles. The summed E-state index contributed by atoms with van der Waals surface area (Å²) in [5.41, 5.74) is 2.01. The second-order valence-corrected chi connectivity index (χ2v) is 5.37. The molecule has 0 fully saturated rings. The summed E-state index contributed by atoms with van der Waals surface area (Å²) in [7, 11) is 0. The molecule has 0 saturated heterocycles. The van der Waals surface area contributed by atoms with Crippen LogP contribution < -0.4 is 5.32 Å². The van der Waals surface area contributed by atoms with Crippen molar-refractivity contribution in [1.82, 2.24) is 5.32 Å². The molecule has 0 aliphatic carbocycles. The number of phenols is 1. The predicted octanol–water partition coefficient (Wildman–Crippen LogP) is 2.98. The maximum Gasteiger partial charge on any atom is 0.122 e. The van der Waals surface area contributed by atoms with Gasteiger partial charge in [-0.2, -0.15) is 0 Å². The zero-order valence-electron chi connectivity index (χ0n) is 12.4. The summed E-state index contributed by atoms with van der Waals surface area (Å²) in [5.74, 6) is 0.385. The van der Waals surface area contributed by atoms with E-state index in [1.165, 1.54) is 0 Å². The lowest BCUT2D eigenvalue weighted by Crippen LogP contribution is -2.34. The Bertz CT molecular complexity index is 386.